The molecule has 1 aromatic heterocycles. The van der Waals surface area contributed by atoms with Crippen LogP contribution in [0.4, 0.5) is 0 Å². The number of nitrogens with one attached hydrogen (secondary N) is 3. The van der Waals surface area contributed by atoms with Crippen LogP contribution in [0.5, 0.6) is 5.75 Å². The van der Waals surface area contributed by atoms with E-state index in [-0.39, 0.29) is 24.1 Å². The summed E-state index contributed by atoms with van der Waals surface area (Å²) in [6.07, 6.45) is 2.65. The van der Waals surface area contributed by atoms with Crippen molar-refractivity contribution in [3.05, 3.63) is 76.1 Å². The van der Waals surface area contributed by atoms with Gasteiger partial charge in [-0.3, -0.25) is 9.59 Å². The molecule has 0 unspecified atom stereocenters. The third kappa shape index (κ3) is 5.25. The molecule has 3 aromatic rings. The number of carbonyl (C=O) groups is 2. The Hall–Kier alpha value is -3.16. The molecular formula is C22H20ClN3O3S. The molecule has 8 heteroatoms. The van der Waals surface area contributed by atoms with E-state index < -0.39 is 0 Å². The predicted octanol–water partition coefficient (Wildman–Crippen LogP) is 4.03. The van der Waals surface area contributed by atoms with Crippen LogP contribution in [0, 0.1) is 5.41 Å². The molecule has 0 saturated carbocycles. The van der Waals surface area contributed by atoms with Crippen LogP contribution in [0.2, 0.25) is 5.02 Å². The van der Waals surface area contributed by atoms with Gasteiger partial charge in [-0.05, 0) is 47.9 Å². The fraction of sp³-hybridized carbons (Fsp3) is 0.136. The highest BCUT2D eigenvalue weighted by atomic mass is 35.5. The smallest absolute Gasteiger partial charge is 0.252 e. The third-order valence-electron chi connectivity index (χ3n) is 4.31. The van der Waals surface area contributed by atoms with Gasteiger partial charge in [0.05, 0.1) is 12.8 Å². The molecule has 6 nitrogen and oxygen atoms in total. The van der Waals surface area contributed by atoms with Crippen molar-refractivity contribution in [1.29, 1.82) is 5.41 Å². The number of hydrogen-bond acceptors (Lipinski definition) is 5. The molecule has 0 aliphatic heterocycles. The van der Waals surface area contributed by atoms with Gasteiger partial charge in [-0.2, -0.15) is 0 Å². The van der Waals surface area contributed by atoms with E-state index in [1.165, 1.54) is 19.3 Å². The molecule has 0 atom stereocenters. The lowest BCUT2D eigenvalue weighted by atomic mass is 10.1. The van der Waals surface area contributed by atoms with Gasteiger partial charge in [-0.1, -0.05) is 17.7 Å². The van der Waals surface area contributed by atoms with Gasteiger partial charge in [0.25, 0.3) is 5.91 Å². The zero-order chi connectivity index (χ0) is 21.5. The number of ether oxygens (including phenoxy) is 1. The highest BCUT2D eigenvalue weighted by Gasteiger charge is 2.10. The molecule has 3 rings (SSSR count). The number of methoxy groups -OCH3 is 1. The summed E-state index contributed by atoms with van der Waals surface area (Å²) in [5, 5.41) is 17.0. The molecule has 30 heavy (non-hydrogen) atoms. The van der Waals surface area contributed by atoms with Gasteiger partial charge in [0.15, 0.2) is 0 Å². The topological polar surface area (TPSA) is 91.3 Å². The van der Waals surface area contributed by atoms with E-state index in [0.29, 0.717) is 28.4 Å². The van der Waals surface area contributed by atoms with Gasteiger partial charge in [0.1, 0.15) is 5.75 Å². The van der Waals surface area contributed by atoms with Gasteiger partial charge in [-0.15, -0.1) is 11.3 Å². The van der Waals surface area contributed by atoms with Crippen molar-refractivity contribution in [3.63, 3.8) is 0 Å². The molecule has 3 N–H and O–H groups in total. The second-order valence-electron chi connectivity index (χ2n) is 6.28. The summed E-state index contributed by atoms with van der Waals surface area (Å²) in [5.41, 5.74) is 1.27. The standard InChI is InChI=1S/C22H20ClN3O3S/c1-29-19-13-14(23)5-6-17(19)18(24)7-8-21(27)25-10-11-26-22(28)16-3-2-4-20-15(16)9-12-30-20/h2-9,12-13,24H,10-11H2,1H3,(H,25,27)(H,26,28)/b8-7-,24-18?. The van der Waals surface area contributed by atoms with Crippen LogP contribution < -0.4 is 15.4 Å². The minimum Gasteiger partial charge on any atom is -0.496 e. The third-order valence-corrected chi connectivity index (χ3v) is 5.42. The van der Waals surface area contributed by atoms with Gasteiger partial charge < -0.3 is 20.8 Å². The molecular weight excluding hydrogens is 422 g/mol. The average Bonchev–Trinajstić information content (AvgIpc) is 3.23. The minimum absolute atomic E-state index is 0.121. The fourth-order valence-electron chi connectivity index (χ4n) is 2.84. The van der Waals surface area contributed by atoms with Crippen molar-refractivity contribution in [2.45, 2.75) is 0 Å². The second kappa shape index (κ2) is 10.0. The summed E-state index contributed by atoms with van der Waals surface area (Å²) >= 11 is 7.50. The molecule has 2 aromatic carbocycles. The quantitative estimate of drug-likeness (QED) is 0.280. The van der Waals surface area contributed by atoms with Crippen molar-refractivity contribution in [2.75, 3.05) is 20.2 Å². The molecule has 0 fully saturated rings. The Balaban J connectivity index is 1.47. The van der Waals surface area contributed by atoms with E-state index in [4.69, 9.17) is 21.7 Å². The van der Waals surface area contributed by atoms with Crippen molar-refractivity contribution < 1.29 is 14.3 Å². The van der Waals surface area contributed by atoms with E-state index in [9.17, 15) is 9.59 Å². The van der Waals surface area contributed by atoms with Gasteiger partial charge in [0.2, 0.25) is 5.91 Å². The molecule has 0 bridgehead atoms. The number of benzene rings is 2. The van der Waals surface area contributed by atoms with Crippen LogP contribution >= 0.6 is 22.9 Å². The van der Waals surface area contributed by atoms with Gasteiger partial charge in [-0.25, -0.2) is 0 Å². The summed E-state index contributed by atoms with van der Waals surface area (Å²) in [6, 6.07) is 12.5. The lowest BCUT2D eigenvalue weighted by Gasteiger charge is -2.08. The zero-order valence-electron chi connectivity index (χ0n) is 16.2. The van der Waals surface area contributed by atoms with Crippen molar-refractivity contribution in [3.8, 4) is 5.75 Å². The number of carbonyl (C=O) groups excluding carboxylic acids is 2. The van der Waals surface area contributed by atoms with E-state index in [1.807, 2.05) is 23.6 Å². The largest absolute Gasteiger partial charge is 0.496 e. The lowest BCUT2D eigenvalue weighted by molar-refractivity contribution is -0.116. The summed E-state index contributed by atoms with van der Waals surface area (Å²) in [7, 11) is 1.49. The first-order valence-electron chi connectivity index (χ1n) is 9.12. The Labute approximate surface area is 183 Å². The Morgan fingerprint density at radius 2 is 1.90 bits per heavy atom. The Morgan fingerprint density at radius 3 is 2.70 bits per heavy atom. The van der Waals surface area contributed by atoms with Crippen molar-refractivity contribution >= 4 is 50.5 Å². The Morgan fingerprint density at radius 1 is 1.10 bits per heavy atom. The van der Waals surface area contributed by atoms with Crippen LogP contribution in [0.1, 0.15) is 15.9 Å². The Bertz CT molecular complexity index is 1120. The minimum atomic E-state index is -0.359. The maximum atomic E-state index is 12.4. The SMILES string of the molecule is COc1cc(Cl)ccc1C(=N)/C=C\C(=O)NCCNC(=O)c1cccc2sccc12. The molecule has 0 aliphatic rings. The van der Waals surface area contributed by atoms with Gasteiger partial charge >= 0.3 is 0 Å². The van der Waals surface area contributed by atoms with Crippen molar-refractivity contribution in [2.24, 2.45) is 0 Å². The summed E-state index contributed by atoms with van der Waals surface area (Å²) in [6.45, 7) is 0.563. The maximum Gasteiger partial charge on any atom is 0.252 e. The zero-order valence-corrected chi connectivity index (χ0v) is 17.8. The average molecular weight is 442 g/mol. The predicted molar refractivity (Wildman–Crippen MR) is 121 cm³/mol. The Kier molecular flexibility index (Phi) is 7.21. The van der Waals surface area contributed by atoms with E-state index >= 15 is 0 Å². The molecule has 1 heterocycles. The van der Waals surface area contributed by atoms with Crippen LogP contribution in [0.3, 0.4) is 0 Å². The number of amides is 2. The van der Waals surface area contributed by atoms with E-state index in [1.54, 1.807) is 35.6 Å². The monoisotopic (exact) mass is 441 g/mol. The summed E-state index contributed by atoms with van der Waals surface area (Å²) < 4.78 is 6.27. The maximum absolute atomic E-state index is 12.4. The van der Waals surface area contributed by atoms with Crippen LogP contribution in [0.15, 0.2) is 60.0 Å². The van der Waals surface area contributed by atoms with Crippen LogP contribution in [0.25, 0.3) is 10.1 Å². The number of thiophene rings is 1. The van der Waals surface area contributed by atoms with Crippen LogP contribution in [-0.4, -0.2) is 37.7 Å². The highest BCUT2D eigenvalue weighted by Crippen LogP contribution is 2.24. The highest BCUT2D eigenvalue weighted by molar-refractivity contribution is 7.17. The van der Waals surface area contributed by atoms with Crippen molar-refractivity contribution in [1.82, 2.24) is 10.6 Å². The number of allylic oxidation sites excluding steroid dienone is 1. The number of halogens is 1. The molecule has 0 aliphatic carbocycles. The first-order chi connectivity index (χ1) is 14.5. The van der Waals surface area contributed by atoms with Gasteiger partial charge in [0, 0.05) is 45.4 Å². The summed E-state index contributed by atoms with van der Waals surface area (Å²) in [4.78, 5) is 24.4. The molecule has 154 valence electrons. The second-order valence-corrected chi connectivity index (χ2v) is 7.66. The normalized spacial score (nSPS) is 10.9. The number of rotatable bonds is 8. The molecule has 0 spiro atoms. The molecule has 0 radical (unpaired) electrons. The molecule has 2 amide bonds. The van der Waals surface area contributed by atoms with Crippen LogP contribution in [-0.2, 0) is 4.79 Å². The summed E-state index contributed by atoms with van der Waals surface area (Å²) in [5.74, 6) is -0.0804. The lowest BCUT2D eigenvalue weighted by Crippen LogP contribution is -2.34. The van der Waals surface area contributed by atoms with E-state index in [2.05, 4.69) is 10.6 Å². The first kappa shape index (κ1) is 21.5. The number of hydrogen-bond donors (Lipinski definition) is 3. The fourth-order valence-corrected chi connectivity index (χ4v) is 3.82. The first-order valence-corrected chi connectivity index (χ1v) is 10.4. The molecule has 0 saturated heterocycles. The van der Waals surface area contributed by atoms with E-state index in [0.717, 1.165) is 10.1 Å². The number of fused-ring (bicyclic) bond motifs is 1.